The number of ether oxygens (including phenoxy) is 1. The summed E-state index contributed by atoms with van der Waals surface area (Å²) in [6.07, 6.45) is 2.73. The van der Waals surface area contributed by atoms with Gasteiger partial charge in [0, 0.05) is 10.0 Å². The van der Waals surface area contributed by atoms with E-state index in [1.54, 1.807) is 12.1 Å². The number of rotatable bonds is 4. The predicted molar refractivity (Wildman–Crippen MR) is 60.5 cm³/mol. The van der Waals surface area contributed by atoms with E-state index in [-0.39, 0.29) is 11.5 Å². The number of ketones is 1. The maximum Gasteiger partial charge on any atom is 0.387 e. The van der Waals surface area contributed by atoms with Gasteiger partial charge >= 0.3 is 6.61 Å². The van der Waals surface area contributed by atoms with Crippen LogP contribution in [0.4, 0.5) is 8.78 Å². The van der Waals surface area contributed by atoms with Crippen LogP contribution in [0.15, 0.2) is 28.7 Å². The summed E-state index contributed by atoms with van der Waals surface area (Å²) in [5.74, 6) is -0.126. The van der Waals surface area contributed by atoms with Gasteiger partial charge in [0.25, 0.3) is 0 Å². The average molecular weight is 291 g/mol. The van der Waals surface area contributed by atoms with Crippen LogP contribution in [0, 0.1) is 0 Å². The minimum absolute atomic E-state index is 0.0377. The molecule has 0 fully saturated rings. The molecule has 0 saturated carbocycles. The third kappa shape index (κ3) is 4.10. The van der Waals surface area contributed by atoms with Gasteiger partial charge in [-0.3, -0.25) is 4.79 Å². The zero-order chi connectivity index (χ0) is 12.1. The van der Waals surface area contributed by atoms with Crippen LogP contribution in [-0.2, 0) is 4.79 Å². The van der Waals surface area contributed by atoms with Crippen LogP contribution >= 0.6 is 15.9 Å². The van der Waals surface area contributed by atoms with Gasteiger partial charge in [-0.2, -0.15) is 8.78 Å². The Bertz CT molecular complexity index is 416. The van der Waals surface area contributed by atoms with Crippen molar-refractivity contribution >= 4 is 27.8 Å². The molecule has 0 aromatic heterocycles. The highest BCUT2D eigenvalue weighted by molar-refractivity contribution is 9.10. The van der Waals surface area contributed by atoms with Gasteiger partial charge in [-0.25, -0.2) is 0 Å². The van der Waals surface area contributed by atoms with Crippen molar-refractivity contribution in [3.63, 3.8) is 0 Å². The zero-order valence-corrected chi connectivity index (χ0v) is 10.0. The van der Waals surface area contributed by atoms with Crippen molar-refractivity contribution < 1.29 is 18.3 Å². The molecule has 0 saturated heterocycles. The Morgan fingerprint density at radius 3 is 2.75 bits per heavy atom. The standard InChI is InChI=1S/C11H9BrF2O2/c1-7(15)2-3-8-6-9(12)4-5-10(8)16-11(13)14/h2-6,11H,1H3. The Morgan fingerprint density at radius 1 is 1.50 bits per heavy atom. The molecule has 1 rings (SSSR count). The van der Waals surface area contributed by atoms with E-state index in [9.17, 15) is 13.6 Å². The monoisotopic (exact) mass is 290 g/mol. The smallest absolute Gasteiger partial charge is 0.387 e. The molecule has 0 unspecified atom stereocenters. The largest absolute Gasteiger partial charge is 0.434 e. The van der Waals surface area contributed by atoms with Gasteiger partial charge in [0.15, 0.2) is 5.78 Å². The van der Waals surface area contributed by atoms with Crippen LogP contribution in [0.3, 0.4) is 0 Å². The first-order valence-corrected chi connectivity index (χ1v) is 5.21. The molecule has 0 aliphatic carbocycles. The second kappa shape index (κ2) is 5.75. The number of hydrogen-bond donors (Lipinski definition) is 0. The van der Waals surface area contributed by atoms with Crippen LogP contribution < -0.4 is 4.74 Å². The number of halogens is 3. The summed E-state index contributed by atoms with van der Waals surface area (Å²) in [4.78, 5) is 10.7. The van der Waals surface area contributed by atoms with Gasteiger partial charge in [-0.05, 0) is 37.3 Å². The summed E-state index contributed by atoms with van der Waals surface area (Å²) >= 11 is 3.21. The molecular formula is C11H9BrF2O2. The fourth-order valence-corrected chi connectivity index (χ4v) is 1.44. The Balaban J connectivity index is 3.03. The second-order valence-electron chi connectivity index (χ2n) is 3.00. The fourth-order valence-electron chi connectivity index (χ4n) is 1.06. The van der Waals surface area contributed by atoms with Gasteiger partial charge < -0.3 is 4.74 Å². The SMILES string of the molecule is CC(=O)C=Cc1cc(Br)ccc1OC(F)F. The molecule has 0 atom stereocenters. The summed E-state index contributed by atoms with van der Waals surface area (Å²) < 4.78 is 29.2. The van der Waals surface area contributed by atoms with E-state index in [0.717, 1.165) is 4.47 Å². The van der Waals surface area contributed by atoms with Gasteiger partial charge in [-0.1, -0.05) is 15.9 Å². The van der Waals surface area contributed by atoms with Crippen molar-refractivity contribution in [3.05, 3.63) is 34.3 Å². The Hall–Kier alpha value is -1.23. The molecule has 5 heteroatoms. The molecule has 0 aliphatic rings. The van der Waals surface area contributed by atoms with Crippen LogP contribution in [0.25, 0.3) is 6.08 Å². The summed E-state index contributed by atoms with van der Waals surface area (Å²) in [5, 5.41) is 0. The number of carbonyl (C=O) groups excluding carboxylic acids is 1. The molecule has 0 bridgehead atoms. The minimum atomic E-state index is -2.88. The van der Waals surface area contributed by atoms with E-state index < -0.39 is 6.61 Å². The Labute approximate surface area is 100 Å². The van der Waals surface area contributed by atoms with Crippen molar-refractivity contribution in [2.24, 2.45) is 0 Å². The van der Waals surface area contributed by atoms with Crippen molar-refractivity contribution in [1.29, 1.82) is 0 Å². The van der Waals surface area contributed by atoms with Gasteiger partial charge in [0.1, 0.15) is 5.75 Å². The van der Waals surface area contributed by atoms with E-state index in [1.807, 2.05) is 0 Å². The summed E-state index contributed by atoms with van der Waals surface area (Å²) in [6.45, 7) is -1.51. The van der Waals surface area contributed by atoms with Crippen LogP contribution in [-0.4, -0.2) is 12.4 Å². The second-order valence-corrected chi connectivity index (χ2v) is 3.92. The van der Waals surface area contributed by atoms with Crippen LogP contribution in [0.2, 0.25) is 0 Å². The van der Waals surface area contributed by atoms with Crippen LogP contribution in [0.5, 0.6) is 5.75 Å². The molecule has 16 heavy (non-hydrogen) atoms. The molecule has 1 aromatic carbocycles. The van der Waals surface area contributed by atoms with Crippen molar-refractivity contribution in [1.82, 2.24) is 0 Å². The molecule has 86 valence electrons. The molecule has 0 N–H and O–H groups in total. The van der Waals surface area contributed by atoms with Gasteiger partial charge in [0.2, 0.25) is 0 Å². The maximum absolute atomic E-state index is 12.1. The Kier molecular flexibility index (Phi) is 4.61. The molecule has 0 radical (unpaired) electrons. The lowest BCUT2D eigenvalue weighted by Crippen LogP contribution is -2.03. The summed E-state index contributed by atoms with van der Waals surface area (Å²) in [6, 6.07) is 4.59. The topological polar surface area (TPSA) is 26.3 Å². The van der Waals surface area contributed by atoms with Gasteiger partial charge in [0.05, 0.1) is 0 Å². The molecule has 2 nitrogen and oxygen atoms in total. The van der Waals surface area contributed by atoms with Crippen molar-refractivity contribution in [3.8, 4) is 5.75 Å². The summed E-state index contributed by atoms with van der Waals surface area (Å²) in [7, 11) is 0. The van der Waals surface area contributed by atoms with E-state index in [0.29, 0.717) is 5.56 Å². The maximum atomic E-state index is 12.1. The Morgan fingerprint density at radius 2 is 2.19 bits per heavy atom. The fraction of sp³-hybridized carbons (Fsp3) is 0.182. The number of allylic oxidation sites excluding steroid dienone is 1. The van der Waals surface area contributed by atoms with Crippen molar-refractivity contribution in [2.75, 3.05) is 0 Å². The van der Waals surface area contributed by atoms with Crippen LogP contribution in [0.1, 0.15) is 12.5 Å². The highest BCUT2D eigenvalue weighted by Gasteiger charge is 2.08. The molecule has 0 heterocycles. The highest BCUT2D eigenvalue weighted by Crippen LogP contribution is 2.25. The van der Waals surface area contributed by atoms with E-state index in [1.165, 1.54) is 25.1 Å². The molecule has 0 amide bonds. The third-order valence-electron chi connectivity index (χ3n) is 1.69. The number of carbonyl (C=O) groups is 1. The number of hydrogen-bond acceptors (Lipinski definition) is 2. The number of benzene rings is 1. The lowest BCUT2D eigenvalue weighted by Gasteiger charge is -2.08. The molecule has 1 aromatic rings. The first-order valence-electron chi connectivity index (χ1n) is 4.42. The first kappa shape index (κ1) is 12.8. The lowest BCUT2D eigenvalue weighted by atomic mass is 10.2. The normalized spacial score (nSPS) is 11.1. The zero-order valence-electron chi connectivity index (χ0n) is 8.41. The quantitative estimate of drug-likeness (QED) is 0.791. The predicted octanol–water partition coefficient (Wildman–Crippen LogP) is 3.65. The van der Waals surface area contributed by atoms with Gasteiger partial charge in [-0.15, -0.1) is 0 Å². The van der Waals surface area contributed by atoms with Crippen molar-refractivity contribution in [2.45, 2.75) is 13.5 Å². The molecular weight excluding hydrogens is 282 g/mol. The first-order chi connectivity index (χ1) is 7.49. The molecule has 0 aliphatic heterocycles. The summed E-state index contributed by atoms with van der Waals surface area (Å²) in [5.41, 5.74) is 0.421. The average Bonchev–Trinajstić information content (AvgIpc) is 2.17. The lowest BCUT2D eigenvalue weighted by molar-refractivity contribution is -0.112. The highest BCUT2D eigenvalue weighted by atomic mass is 79.9. The third-order valence-corrected chi connectivity index (χ3v) is 2.18. The minimum Gasteiger partial charge on any atom is -0.434 e. The van der Waals surface area contributed by atoms with E-state index in [4.69, 9.17) is 0 Å². The van der Waals surface area contributed by atoms with E-state index >= 15 is 0 Å². The van der Waals surface area contributed by atoms with E-state index in [2.05, 4.69) is 20.7 Å². The molecule has 0 spiro atoms. The number of alkyl halides is 2.